The van der Waals surface area contributed by atoms with Crippen LogP contribution in [0, 0.1) is 0 Å². The van der Waals surface area contributed by atoms with Crippen molar-refractivity contribution in [3.8, 4) is 5.75 Å². The molecule has 2 rings (SSSR count). The van der Waals surface area contributed by atoms with Crippen molar-refractivity contribution in [2.24, 2.45) is 5.10 Å². The molecule has 0 radical (unpaired) electrons. The van der Waals surface area contributed by atoms with Crippen molar-refractivity contribution in [2.75, 3.05) is 12.4 Å². The number of carbonyl (C=O) groups excluding carboxylic acids is 2. The number of methoxy groups -OCH3 is 1. The third-order valence-corrected chi connectivity index (χ3v) is 3.47. The molecule has 0 aliphatic carbocycles. The van der Waals surface area contributed by atoms with Gasteiger partial charge in [0.15, 0.2) is 0 Å². The molecule has 9 heteroatoms. The molecule has 2 N–H and O–H groups in total. The zero-order valence-corrected chi connectivity index (χ0v) is 14.4. The first-order valence-electron chi connectivity index (χ1n) is 7.68. The number of rotatable bonds is 5. The second-order valence-corrected chi connectivity index (χ2v) is 5.37. The van der Waals surface area contributed by atoms with Gasteiger partial charge in [-0.1, -0.05) is 24.3 Å². The Morgan fingerprint density at radius 3 is 2.44 bits per heavy atom. The molecule has 142 valence electrons. The predicted molar refractivity (Wildman–Crippen MR) is 93.8 cm³/mol. The van der Waals surface area contributed by atoms with E-state index in [0.29, 0.717) is 17.0 Å². The van der Waals surface area contributed by atoms with E-state index in [-0.39, 0.29) is 11.3 Å². The Labute approximate surface area is 153 Å². The molecule has 2 aromatic carbocycles. The molecule has 0 bridgehead atoms. The van der Waals surface area contributed by atoms with Crippen LogP contribution < -0.4 is 15.5 Å². The van der Waals surface area contributed by atoms with Crippen molar-refractivity contribution in [3.63, 3.8) is 0 Å². The summed E-state index contributed by atoms with van der Waals surface area (Å²) in [5.74, 6) is -2.20. The lowest BCUT2D eigenvalue weighted by molar-refractivity contribution is -0.167. The van der Waals surface area contributed by atoms with Crippen LogP contribution in [0.5, 0.6) is 5.75 Å². The number of hydrogen-bond donors (Lipinski definition) is 2. The Morgan fingerprint density at radius 1 is 1.07 bits per heavy atom. The molecule has 27 heavy (non-hydrogen) atoms. The van der Waals surface area contributed by atoms with Crippen LogP contribution in [0.3, 0.4) is 0 Å². The number of anilines is 1. The monoisotopic (exact) mass is 379 g/mol. The first kappa shape index (κ1) is 20.0. The third-order valence-electron chi connectivity index (χ3n) is 3.47. The summed E-state index contributed by atoms with van der Waals surface area (Å²) in [5, 5.41) is 5.70. The number of hydrazone groups is 1. The first-order valence-corrected chi connectivity index (χ1v) is 7.68. The minimum atomic E-state index is -4.98. The highest BCUT2D eigenvalue weighted by Gasteiger charge is 2.38. The molecule has 0 unspecified atom stereocenters. The third kappa shape index (κ3) is 5.30. The van der Waals surface area contributed by atoms with Gasteiger partial charge in [-0.3, -0.25) is 9.59 Å². The van der Waals surface area contributed by atoms with Gasteiger partial charge in [0.1, 0.15) is 5.75 Å². The predicted octanol–water partition coefficient (Wildman–Crippen LogP) is 3.35. The molecule has 0 aliphatic rings. The fourth-order valence-corrected chi connectivity index (χ4v) is 2.12. The number of amides is 2. The van der Waals surface area contributed by atoms with Gasteiger partial charge in [0, 0.05) is 5.69 Å². The van der Waals surface area contributed by atoms with Crippen molar-refractivity contribution in [1.82, 2.24) is 5.43 Å². The Morgan fingerprint density at radius 2 is 1.78 bits per heavy atom. The Balaban J connectivity index is 2.13. The van der Waals surface area contributed by atoms with Gasteiger partial charge in [-0.25, -0.2) is 5.43 Å². The molecule has 0 saturated heterocycles. The van der Waals surface area contributed by atoms with E-state index < -0.39 is 18.0 Å². The molecule has 0 aliphatic heterocycles. The van der Waals surface area contributed by atoms with Gasteiger partial charge in [-0.2, -0.15) is 18.3 Å². The summed E-state index contributed by atoms with van der Waals surface area (Å²) in [6.45, 7) is 1.56. The molecule has 2 amide bonds. The summed E-state index contributed by atoms with van der Waals surface area (Å²) in [4.78, 5) is 23.2. The highest BCUT2D eigenvalue weighted by atomic mass is 19.4. The van der Waals surface area contributed by atoms with Crippen molar-refractivity contribution in [3.05, 3.63) is 59.7 Å². The van der Waals surface area contributed by atoms with Crippen LogP contribution in [0.2, 0.25) is 0 Å². The van der Waals surface area contributed by atoms with Crippen LogP contribution >= 0.6 is 0 Å². The summed E-state index contributed by atoms with van der Waals surface area (Å²) in [6.07, 6.45) is -4.98. The van der Waals surface area contributed by atoms with E-state index in [0.717, 1.165) is 0 Å². The number of nitrogens with one attached hydrogen (secondary N) is 2. The first-order chi connectivity index (χ1) is 12.7. The van der Waals surface area contributed by atoms with Gasteiger partial charge in [-0.15, -0.1) is 0 Å². The number of hydrogen-bond acceptors (Lipinski definition) is 4. The number of nitrogens with zero attached hydrogens (tertiary/aromatic N) is 1. The van der Waals surface area contributed by atoms with Gasteiger partial charge in [-0.05, 0) is 36.8 Å². The van der Waals surface area contributed by atoms with Crippen LogP contribution in [-0.4, -0.2) is 30.8 Å². The average molecular weight is 379 g/mol. The average Bonchev–Trinajstić information content (AvgIpc) is 2.65. The standard InChI is InChI=1S/C18H16F3N3O3/c1-11(23-24-16(25)14-8-3-4-9-15(14)27-2)12-6-5-7-13(10-12)22-17(26)18(19,20)21/h3-10H,1-2H3,(H,22,26)(H,24,25). The zero-order valence-electron chi connectivity index (χ0n) is 14.4. The highest BCUT2D eigenvalue weighted by Crippen LogP contribution is 2.19. The van der Waals surface area contributed by atoms with Crippen molar-refractivity contribution in [2.45, 2.75) is 13.1 Å². The van der Waals surface area contributed by atoms with E-state index in [1.807, 2.05) is 0 Å². The van der Waals surface area contributed by atoms with Crippen LogP contribution in [0.25, 0.3) is 0 Å². The number of para-hydroxylation sites is 1. The maximum absolute atomic E-state index is 12.3. The van der Waals surface area contributed by atoms with Gasteiger partial charge in [0.25, 0.3) is 5.91 Å². The summed E-state index contributed by atoms with van der Waals surface area (Å²) < 4.78 is 42.1. The molecule has 0 spiro atoms. The molecule has 0 saturated carbocycles. The molecule has 6 nitrogen and oxygen atoms in total. The SMILES string of the molecule is COc1ccccc1C(=O)NN=C(C)c1cccc(NC(=O)C(F)(F)F)c1. The number of halogens is 3. The Bertz CT molecular complexity index is 879. The molecular formula is C18H16F3N3O3. The number of ether oxygens (including phenoxy) is 1. The summed E-state index contributed by atoms with van der Waals surface area (Å²) in [7, 11) is 1.43. The van der Waals surface area contributed by atoms with Crippen molar-refractivity contribution in [1.29, 1.82) is 0 Å². The van der Waals surface area contributed by atoms with Gasteiger partial charge in [0.05, 0.1) is 18.4 Å². The van der Waals surface area contributed by atoms with Gasteiger partial charge < -0.3 is 10.1 Å². The smallest absolute Gasteiger partial charge is 0.471 e. The normalized spacial score (nSPS) is 11.7. The lowest BCUT2D eigenvalue weighted by Crippen LogP contribution is -2.29. The summed E-state index contributed by atoms with van der Waals surface area (Å²) >= 11 is 0. The van der Waals surface area contributed by atoms with Crippen LogP contribution in [0.15, 0.2) is 53.6 Å². The Hall–Kier alpha value is -3.36. The largest absolute Gasteiger partial charge is 0.496 e. The Kier molecular flexibility index (Phi) is 6.17. The van der Waals surface area contributed by atoms with Crippen LogP contribution in [0.1, 0.15) is 22.8 Å². The molecule has 0 atom stereocenters. The quantitative estimate of drug-likeness (QED) is 0.618. The van der Waals surface area contributed by atoms with E-state index in [9.17, 15) is 22.8 Å². The van der Waals surface area contributed by atoms with E-state index in [1.165, 1.54) is 25.3 Å². The van der Waals surface area contributed by atoms with E-state index in [1.54, 1.807) is 42.6 Å². The number of benzene rings is 2. The zero-order chi connectivity index (χ0) is 20.0. The van der Waals surface area contributed by atoms with E-state index >= 15 is 0 Å². The molecule has 0 heterocycles. The van der Waals surface area contributed by atoms with Crippen LogP contribution in [0.4, 0.5) is 18.9 Å². The van der Waals surface area contributed by atoms with Gasteiger partial charge >= 0.3 is 12.1 Å². The molecular weight excluding hydrogens is 363 g/mol. The molecule has 2 aromatic rings. The lowest BCUT2D eigenvalue weighted by atomic mass is 10.1. The molecule has 0 fully saturated rings. The summed E-state index contributed by atoms with van der Waals surface area (Å²) in [6, 6.07) is 12.2. The van der Waals surface area contributed by atoms with Gasteiger partial charge in [0.2, 0.25) is 0 Å². The lowest BCUT2D eigenvalue weighted by Gasteiger charge is -2.10. The fourth-order valence-electron chi connectivity index (χ4n) is 2.12. The minimum absolute atomic E-state index is 0.0413. The van der Waals surface area contributed by atoms with E-state index in [2.05, 4.69) is 10.5 Å². The van der Waals surface area contributed by atoms with Crippen molar-refractivity contribution >= 4 is 23.2 Å². The van der Waals surface area contributed by atoms with Crippen molar-refractivity contribution < 1.29 is 27.5 Å². The summed E-state index contributed by atoms with van der Waals surface area (Å²) in [5.41, 5.74) is 3.36. The fraction of sp³-hybridized carbons (Fsp3) is 0.167. The minimum Gasteiger partial charge on any atom is -0.496 e. The number of carbonyl (C=O) groups is 2. The molecule has 0 aromatic heterocycles. The number of alkyl halides is 3. The second kappa shape index (κ2) is 8.35. The topological polar surface area (TPSA) is 79.8 Å². The van der Waals surface area contributed by atoms with Crippen LogP contribution in [-0.2, 0) is 4.79 Å². The highest BCUT2D eigenvalue weighted by molar-refractivity contribution is 6.03. The maximum Gasteiger partial charge on any atom is 0.471 e. The second-order valence-electron chi connectivity index (χ2n) is 5.37. The van der Waals surface area contributed by atoms with E-state index in [4.69, 9.17) is 4.74 Å². The maximum atomic E-state index is 12.3.